The van der Waals surface area contributed by atoms with Gasteiger partial charge in [0.1, 0.15) is 0 Å². The van der Waals surface area contributed by atoms with Crippen LogP contribution in [0.4, 0.5) is 10.5 Å². The molecule has 1 fully saturated rings. The quantitative estimate of drug-likeness (QED) is 0.788. The number of hydrogen-bond acceptors (Lipinski definition) is 3. The highest BCUT2D eigenvalue weighted by Crippen LogP contribution is 2.22. The molecule has 6 heteroatoms. The summed E-state index contributed by atoms with van der Waals surface area (Å²) >= 11 is 5.90. The first kappa shape index (κ1) is 16.6. The van der Waals surface area contributed by atoms with Crippen molar-refractivity contribution >= 4 is 23.3 Å². The Kier molecular flexibility index (Phi) is 6.10. The van der Waals surface area contributed by atoms with Gasteiger partial charge in [0, 0.05) is 42.9 Å². The van der Waals surface area contributed by atoms with E-state index < -0.39 is 0 Å². The molecule has 0 spiro atoms. The largest absolute Gasteiger partial charge is 0.395 e. The van der Waals surface area contributed by atoms with E-state index in [4.69, 9.17) is 16.7 Å². The molecule has 0 radical (unpaired) electrons. The van der Waals surface area contributed by atoms with Gasteiger partial charge < -0.3 is 20.2 Å². The van der Waals surface area contributed by atoms with Crippen LogP contribution in [-0.4, -0.2) is 54.9 Å². The fraction of sp³-hybridized carbons (Fsp3) is 0.438. The zero-order valence-corrected chi connectivity index (χ0v) is 13.3. The minimum Gasteiger partial charge on any atom is -0.395 e. The van der Waals surface area contributed by atoms with Crippen LogP contribution in [0.5, 0.6) is 0 Å². The Balaban J connectivity index is 1.88. The molecule has 120 valence electrons. The lowest BCUT2D eigenvalue weighted by molar-refractivity contribution is 0.181. The predicted octanol–water partition coefficient (Wildman–Crippen LogP) is 2.11. The Morgan fingerprint density at radius 3 is 2.86 bits per heavy atom. The first-order valence-corrected chi connectivity index (χ1v) is 7.79. The van der Waals surface area contributed by atoms with E-state index in [0.717, 1.165) is 30.2 Å². The van der Waals surface area contributed by atoms with E-state index in [2.05, 4.69) is 16.8 Å². The maximum Gasteiger partial charge on any atom is 0.318 e. The highest BCUT2D eigenvalue weighted by Gasteiger charge is 2.25. The number of hydrogen-bond donors (Lipinski definition) is 2. The Morgan fingerprint density at radius 2 is 2.23 bits per heavy atom. The van der Waals surface area contributed by atoms with Gasteiger partial charge in [-0.3, -0.25) is 0 Å². The Labute approximate surface area is 136 Å². The molecule has 1 saturated heterocycles. The summed E-state index contributed by atoms with van der Waals surface area (Å²) in [5.41, 5.74) is 1.11. The summed E-state index contributed by atoms with van der Waals surface area (Å²) in [6.07, 6.45) is 2.55. The van der Waals surface area contributed by atoms with E-state index in [1.165, 1.54) is 0 Å². The molecule has 1 aliphatic rings. The monoisotopic (exact) mass is 323 g/mol. The number of nitrogens with zero attached hydrogens (tertiary/aromatic N) is 2. The third-order valence-electron chi connectivity index (χ3n) is 3.71. The van der Waals surface area contributed by atoms with Crippen LogP contribution in [0.3, 0.4) is 0 Å². The Bertz CT molecular complexity index is 507. The van der Waals surface area contributed by atoms with Crippen molar-refractivity contribution in [2.45, 2.75) is 12.5 Å². The third kappa shape index (κ3) is 4.39. The minimum absolute atomic E-state index is 0.0528. The molecule has 1 aromatic carbocycles. The van der Waals surface area contributed by atoms with E-state index in [1.54, 1.807) is 11.0 Å². The molecule has 0 aromatic heterocycles. The van der Waals surface area contributed by atoms with Gasteiger partial charge in [-0.25, -0.2) is 4.79 Å². The van der Waals surface area contributed by atoms with Crippen LogP contribution in [0.2, 0.25) is 5.02 Å². The van der Waals surface area contributed by atoms with Gasteiger partial charge in [-0.15, -0.1) is 6.58 Å². The molecule has 1 aliphatic heterocycles. The van der Waals surface area contributed by atoms with Crippen molar-refractivity contribution in [3.8, 4) is 0 Å². The molecule has 1 atom stereocenters. The summed E-state index contributed by atoms with van der Waals surface area (Å²) in [6.45, 7) is 5.99. The molecule has 0 aliphatic carbocycles. The van der Waals surface area contributed by atoms with Crippen molar-refractivity contribution in [1.29, 1.82) is 0 Å². The van der Waals surface area contributed by atoms with Gasteiger partial charge in [-0.1, -0.05) is 17.7 Å². The van der Waals surface area contributed by atoms with Crippen LogP contribution in [0, 0.1) is 0 Å². The summed E-state index contributed by atoms with van der Waals surface area (Å²) in [6, 6.07) is 7.67. The standard InChI is InChI=1S/C16H22ClN3O2/c1-2-8-19(10-11-21)16(22)18-14-7-9-20(12-14)15-5-3-13(17)4-6-15/h2-6,14,21H,1,7-12H2,(H,18,22). The molecule has 0 saturated carbocycles. The third-order valence-corrected chi connectivity index (χ3v) is 3.97. The number of benzene rings is 1. The van der Waals surface area contributed by atoms with Gasteiger partial charge in [0.25, 0.3) is 0 Å². The van der Waals surface area contributed by atoms with Crippen molar-refractivity contribution in [2.24, 2.45) is 0 Å². The Morgan fingerprint density at radius 1 is 1.50 bits per heavy atom. The van der Waals surface area contributed by atoms with Gasteiger partial charge in [0.05, 0.1) is 6.61 Å². The summed E-state index contributed by atoms with van der Waals surface area (Å²) in [7, 11) is 0. The molecule has 0 bridgehead atoms. The van der Waals surface area contributed by atoms with Gasteiger partial charge in [0.2, 0.25) is 0 Å². The highest BCUT2D eigenvalue weighted by molar-refractivity contribution is 6.30. The minimum atomic E-state index is -0.156. The number of carbonyl (C=O) groups is 1. The SMILES string of the molecule is C=CCN(CCO)C(=O)NC1CCN(c2ccc(Cl)cc2)C1. The van der Waals surface area contributed by atoms with E-state index in [1.807, 2.05) is 24.3 Å². The number of rotatable bonds is 6. The first-order chi connectivity index (χ1) is 10.6. The maximum absolute atomic E-state index is 12.2. The lowest BCUT2D eigenvalue weighted by Crippen LogP contribution is -2.46. The van der Waals surface area contributed by atoms with E-state index in [-0.39, 0.29) is 18.7 Å². The zero-order chi connectivity index (χ0) is 15.9. The maximum atomic E-state index is 12.2. The van der Waals surface area contributed by atoms with Crippen LogP contribution in [-0.2, 0) is 0 Å². The summed E-state index contributed by atoms with van der Waals surface area (Å²) < 4.78 is 0. The molecule has 2 N–H and O–H groups in total. The second kappa shape index (κ2) is 8.06. The van der Waals surface area contributed by atoms with Gasteiger partial charge in [-0.2, -0.15) is 0 Å². The number of halogens is 1. The average molecular weight is 324 g/mol. The normalized spacial score (nSPS) is 17.4. The second-order valence-corrected chi connectivity index (χ2v) is 5.75. The predicted molar refractivity (Wildman–Crippen MR) is 89.5 cm³/mol. The number of nitrogens with one attached hydrogen (secondary N) is 1. The van der Waals surface area contributed by atoms with Gasteiger partial charge in [-0.05, 0) is 30.7 Å². The average Bonchev–Trinajstić information content (AvgIpc) is 2.96. The molecule has 5 nitrogen and oxygen atoms in total. The van der Waals surface area contributed by atoms with Crippen molar-refractivity contribution in [1.82, 2.24) is 10.2 Å². The van der Waals surface area contributed by atoms with Crippen molar-refractivity contribution in [3.63, 3.8) is 0 Å². The first-order valence-electron chi connectivity index (χ1n) is 7.41. The van der Waals surface area contributed by atoms with Crippen molar-refractivity contribution < 1.29 is 9.90 Å². The number of aliphatic hydroxyl groups is 1. The van der Waals surface area contributed by atoms with E-state index in [0.29, 0.717) is 13.1 Å². The highest BCUT2D eigenvalue weighted by atomic mass is 35.5. The smallest absolute Gasteiger partial charge is 0.318 e. The lowest BCUT2D eigenvalue weighted by Gasteiger charge is -2.24. The number of carbonyl (C=O) groups excluding carboxylic acids is 1. The van der Waals surface area contributed by atoms with E-state index in [9.17, 15) is 4.79 Å². The fourth-order valence-corrected chi connectivity index (χ4v) is 2.71. The number of anilines is 1. The van der Waals surface area contributed by atoms with Crippen molar-refractivity contribution in [2.75, 3.05) is 37.7 Å². The lowest BCUT2D eigenvalue weighted by atomic mass is 10.2. The Hall–Kier alpha value is -1.72. The number of urea groups is 1. The van der Waals surface area contributed by atoms with Gasteiger partial charge >= 0.3 is 6.03 Å². The van der Waals surface area contributed by atoms with Crippen LogP contribution in [0.25, 0.3) is 0 Å². The van der Waals surface area contributed by atoms with Crippen LogP contribution in [0.1, 0.15) is 6.42 Å². The fourth-order valence-electron chi connectivity index (χ4n) is 2.58. The second-order valence-electron chi connectivity index (χ2n) is 5.32. The van der Waals surface area contributed by atoms with Crippen molar-refractivity contribution in [3.05, 3.63) is 41.9 Å². The summed E-state index contributed by atoms with van der Waals surface area (Å²) in [5.74, 6) is 0. The molecule has 1 aromatic rings. The molecule has 2 amide bonds. The van der Waals surface area contributed by atoms with Crippen LogP contribution in [0.15, 0.2) is 36.9 Å². The number of aliphatic hydroxyl groups excluding tert-OH is 1. The molecule has 1 unspecified atom stereocenters. The van der Waals surface area contributed by atoms with Crippen LogP contribution >= 0.6 is 11.6 Å². The summed E-state index contributed by atoms with van der Waals surface area (Å²) in [5, 5.41) is 12.8. The molecular formula is C16H22ClN3O2. The molecule has 22 heavy (non-hydrogen) atoms. The van der Waals surface area contributed by atoms with E-state index >= 15 is 0 Å². The van der Waals surface area contributed by atoms with Crippen LogP contribution < -0.4 is 10.2 Å². The topological polar surface area (TPSA) is 55.8 Å². The number of amides is 2. The molecule has 1 heterocycles. The summed E-state index contributed by atoms with van der Waals surface area (Å²) in [4.78, 5) is 16.0. The molecule has 2 rings (SSSR count). The zero-order valence-electron chi connectivity index (χ0n) is 12.5. The van der Waals surface area contributed by atoms with Gasteiger partial charge in [0.15, 0.2) is 0 Å². The molecular weight excluding hydrogens is 302 g/mol.